The molecular formula is C51H89N7O13S2. The van der Waals surface area contributed by atoms with Crippen molar-refractivity contribution in [3.05, 3.63) is 17.3 Å². The van der Waals surface area contributed by atoms with E-state index in [9.17, 15) is 30.3 Å². The van der Waals surface area contributed by atoms with E-state index in [-0.39, 0.29) is 38.0 Å². The fourth-order valence-corrected chi connectivity index (χ4v) is 12.2. The fraction of sp³-hybridized carbons (Fsp3) is 0.863. The molecule has 0 aliphatic carbocycles. The third kappa shape index (κ3) is 16.1. The quantitative estimate of drug-likeness (QED) is 0.0516. The second kappa shape index (κ2) is 27.8. The number of cyclic esters (lactones) is 1. The summed E-state index contributed by atoms with van der Waals surface area (Å²) in [6.45, 7) is 20.4. The predicted octanol–water partition coefficient (Wildman–Crippen LogP) is 4.50. The van der Waals surface area contributed by atoms with E-state index in [4.69, 9.17) is 33.3 Å². The van der Waals surface area contributed by atoms with Crippen LogP contribution in [-0.2, 0) is 44.6 Å². The standard InChI is InChI=1S/C51H89N7O13S2/c1-14-38-51(10,64)43(60)31(4)40(56-66-22-21-52-19-17-15-16-18-20-53-26-35-28-72-46(55-35)37-27-54-57-73-37)29(2)24-49(8,63)45(71-48-41(59)36(58(11)12)23-30(3)67-48)32(5)42(33(6)47(62)69-38)70-39-25-50(9,65-13)44(61)34(7)68-39/h27-34,36,38-39,41-45,48,52-53,59-61,63-64H,14-26H2,1-13H3/b56-40+/t29-,30-,31+,32+,33-,34+,36+,38-,39+,41-,42+,43-,44+,45-,48+,49-,50-,51-/m1/s1. The molecule has 5 rings (SSSR count). The van der Waals surface area contributed by atoms with Crippen molar-refractivity contribution in [1.82, 2.24) is 30.1 Å². The van der Waals surface area contributed by atoms with E-state index in [0.717, 1.165) is 60.9 Å². The smallest absolute Gasteiger partial charge is 0.311 e. The van der Waals surface area contributed by atoms with Crippen LogP contribution < -0.4 is 10.6 Å². The average Bonchev–Trinajstić information content (AvgIpc) is 4.06. The zero-order valence-corrected chi connectivity index (χ0v) is 47.2. The van der Waals surface area contributed by atoms with Gasteiger partial charge < -0.3 is 74.3 Å². The highest BCUT2D eigenvalue weighted by atomic mass is 32.1. The van der Waals surface area contributed by atoms with Crippen LogP contribution in [0.25, 0.3) is 9.88 Å². The Kier molecular flexibility index (Phi) is 23.4. The van der Waals surface area contributed by atoms with Crippen LogP contribution in [0.15, 0.2) is 16.7 Å². The van der Waals surface area contributed by atoms with E-state index in [1.165, 1.54) is 25.6 Å². The molecule has 3 aliphatic heterocycles. The Bertz CT molecular complexity index is 1980. The highest BCUT2D eigenvalue weighted by Crippen LogP contribution is 2.41. The summed E-state index contributed by atoms with van der Waals surface area (Å²) in [4.78, 5) is 28.0. The van der Waals surface area contributed by atoms with Crippen LogP contribution >= 0.6 is 22.9 Å². The van der Waals surface area contributed by atoms with E-state index >= 15 is 0 Å². The largest absolute Gasteiger partial charge is 0.459 e. The van der Waals surface area contributed by atoms with Crippen molar-refractivity contribution >= 4 is 34.6 Å². The van der Waals surface area contributed by atoms with Crippen molar-refractivity contribution in [2.45, 2.75) is 211 Å². The number of hydrogen-bond acceptors (Lipinski definition) is 22. The van der Waals surface area contributed by atoms with Gasteiger partial charge in [0.05, 0.1) is 65.2 Å². The number of nitrogens with one attached hydrogen (secondary N) is 2. The number of methoxy groups -OCH3 is 1. The van der Waals surface area contributed by atoms with Crippen LogP contribution in [-0.4, -0.2) is 188 Å². The number of oxime groups is 1. The number of hydrogen-bond donors (Lipinski definition) is 7. The molecule has 0 spiro atoms. The molecule has 0 radical (unpaired) electrons. The van der Waals surface area contributed by atoms with Crippen LogP contribution in [0.4, 0.5) is 0 Å². The lowest BCUT2D eigenvalue weighted by atomic mass is 9.73. The van der Waals surface area contributed by atoms with E-state index in [0.29, 0.717) is 18.7 Å². The maximum Gasteiger partial charge on any atom is 0.311 e. The summed E-state index contributed by atoms with van der Waals surface area (Å²) in [6, 6.07) is -0.328. The van der Waals surface area contributed by atoms with E-state index in [2.05, 4.69) is 35.7 Å². The third-order valence-electron chi connectivity index (χ3n) is 15.3. The number of ether oxygens (including phenoxy) is 6. The molecule has 18 atom stereocenters. The summed E-state index contributed by atoms with van der Waals surface area (Å²) in [6.07, 6.45) is -3.47. The summed E-state index contributed by atoms with van der Waals surface area (Å²) in [5, 5.41) is 78.4. The lowest BCUT2D eigenvalue weighted by Crippen LogP contribution is -2.61. The Labute approximate surface area is 441 Å². The number of rotatable bonds is 21. The predicted molar refractivity (Wildman–Crippen MR) is 279 cm³/mol. The number of unbranched alkanes of at least 4 members (excludes halogenated alkanes) is 3. The first-order valence-corrected chi connectivity index (χ1v) is 28.0. The van der Waals surface area contributed by atoms with Crippen LogP contribution in [0.1, 0.15) is 126 Å². The van der Waals surface area contributed by atoms with Crippen molar-refractivity contribution in [3.8, 4) is 9.88 Å². The lowest BCUT2D eigenvalue weighted by molar-refractivity contribution is -0.317. The molecule has 2 aromatic rings. The molecule has 0 saturated carbocycles. The molecule has 73 heavy (non-hydrogen) atoms. The monoisotopic (exact) mass is 1070 g/mol. The molecule has 3 saturated heterocycles. The molecule has 5 heterocycles. The third-order valence-corrected chi connectivity index (χ3v) is 17.0. The van der Waals surface area contributed by atoms with E-state index in [1.54, 1.807) is 66.0 Å². The number of likely N-dealkylation sites (N-methyl/N-ethyl adjacent to an activating group) is 1. The molecule has 0 unspecified atom stereocenters. The van der Waals surface area contributed by atoms with Gasteiger partial charge in [0.15, 0.2) is 12.6 Å². The zero-order chi connectivity index (χ0) is 53.8. The van der Waals surface area contributed by atoms with Gasteiger partial charge in [-0.3, -0.25) is 4.79 Å². The number of aliphatic hydroxyl groups excluding tert-OH is 3. The maximum atomic E-state index is 14.5. The molecule has 0 aromatic carbocycles. The van der Waals surface area contributed by atoms with Gasteiger partial charge in [0, 0.05) is 55.8 Å². The first-order valence-electron chi connectivity index (χ1n) is 26.3. The van der Waals surface area contributed by atoms with Gasteiger partial charge in [-0.05, 0) is 112 Å². The molecule has 3 aliphatic rings. The van der Waals surface area contributed by atoms with Gasteiger partial charge in [0.25, 0.3) is 0 Å². The molecule has 22 heteroatoms. The number of aromatic nitrogens is 3. The lowest BCUT2D eigenvalue weighted by Gasteiger charge is -2.49. The summed E-state index contributed by atoms with van der Waals surface area (Å²) < 4.78 is 42.0. The zero-order valence-electron chi connectivity index (χ0n) is 45.6. The van der Waals surface area contributed by atoms with Gasteiger partial charge in [0.2, 0.25) is 0 Å². The Hall–Kier alpha value is -2.39. The van der Waals surface area contributed by atoms with Gasteiger partial charge in [0.1, 0.15) is 40.4 Å². The van der Waals surface area contributed by atoms with E-state index < -0.39 is 102 Å². The highest BCUT2D eigenvalue weighted by Gasteiger charge is 2.53. The maximum absolute atomic E-state index is 14.5. The van der Waals surface area contributed by atoms with Crippen molar-refractivity contribution < 1.29 is 63.6 Å². The summed E-state index contributed by atoms with van der Waals surface area (Å²) in [5.74, 6) is -4.06. The van der Waals surface area contributed by atoms with Gasteiger partial charge >= 0.3 is 5.97 Å². The minimum absolute atomic E-state index is 0.00245. The minimum atomic E-state index is -1.96. The first kappa shape index (κ1) is 61.5. The molecule has 2 aromatic heterocycles. The van der Waals surface area contributed by atoms with Gasteiger partial charge in [-0.1, -0.05) is 50.2 Å². The Morgan fingerprint density at radius 2 is 1.62 bits per heavy atom. The Morgan fingerprint density at radius 1 is 0.918 bits per heavy atom. The fourth-order valence-electron chi connectivity index (χ4n) is 10.8. The van der Waals surface area contributed by atoms with Crippen LogP contribution in [0.2, 0.25) is 0 Å². The number of esters is 1. The van der Waals surface area contributed by atoms with Gasteiger partial charge in [-0.2, -0.15) is 0 Å². The van der Waals surface area contributed by atoms with Gasteiger partial charge in [-0.15, -0.1) is 16.4 Å². The SMILES string of the molecule is CC[C@H]1OC(=O)[C@H](C)[C@@H](O[C@H]2C[C@@](C)(OC)[C@@H](O)[C@H](C)O2)[C@H](C)[C@@H](O[C@@H]2O[C@H](C)C[C@H](N(C)C)[C@H]2O)[C@](C)(O)C[C@@H](C)/C(=N\OCCNCCCCCCNCc2csc(-c3cnns3)n2)[C@H](C)[C@@H](O)[C@]1(C)O. The number of thiazole rings is 1. The molecule has 20 nitrogen and oxygen atoms in total. The molecule has 7 N–H and O–H groups in total. The molecular weight excluding hydrogens is 983 g/mol. The number of carbonyl (C=O) groups is 1. The van der Waals surface area contributed by atoms with Crippen molar-refractivity contribution in [2.24, 2.45) is 28.8 Å². The normalized spacial score (nSPS) is 38.9. The number of nitrogens with zero attached hydrogens (tertiary/aromatic N) is 5. The second-order valence-corrected chi connectivity index (χ2v) is 23.3. The molecule has 0 amide bonds. The van der Waals surface area contributed by atoms with Gasteiger partial charge in [-0.25, -0.2) is 4.98 Å². The van der Waals surface area contributed by atoms with Crippen molar-refractivity contribution in [3.63, 3.8) is 0 Å². The second-order valence-electron chi connectivity index (χ2n) is 21.7. The number of carbonyl (C=O) groups excluding carboxylic acids is 1. The summed E-state index contributed by atoms with van der Waals surface area (Å²) in [5.41, 5.74) is -3.39. The van der Waals surface area contributed by atoms with Crippen molar-refractivity contribution in [2.75, 3.05) is 47.4 Å². The first-order chi connectivity index (χ1) is 34.4. The molecule has 0 bridgehead atoms. The van der Waals surface area contributed by atoms with Crippen molar-refractivity contribution in [1.29, 1.82) is 0 Å². The topological polar surface area (TPSA) is 261 Å². The number of aliphatic hydroxyl groups is 5. The Morgan fingerprint density at radius 3 is 2.26 bits per heavy atom. The van der Waals surface area contributed by atoms with Crippen LogP contribution in [0.3, 0.4) is 0 Å². The Balaban J connectivity index is 1.32. The average molecular weight is 1070 g/mol. The molecule has 418 valence electrons. The summed E-state index contributed by atoms with van der Waals surface area (Å²) >= 11 is 2.95. The highest BCUT2D eigenvalue weighted by molar-refractivity contribution is 7.18. The van der Waals surface area contributed by atoms with E-state index in [1.807, 2.05) is 32.8 Å². The van der Waals surface area contributed by atoms with Crippen LogP contribution in [0, 0.1) is 23.7 Å². The van der Waals surface area contributed by atoms with Crippen LogP contribution in [0.5, 0.6) is 0 Å². The summed E-state index contributed by atoms with van der Waals surface area (Å²) in [7, 11) is 5.25. The minimum Gasteiger partial charge on any atom is -0.459 e. The molecule has 3 fully saturated rings.